The summed E-state index contributed by atoms with van der Waals surface area (Å²) in [6.07, 6.45) is 12.8. The first kappa shape index (κ1) is 17.2. The van der Waals surface area contributed by atoms with Gasteiger partial charge in [-0.15, -0.1) is 0 Å². The molecule has 0 nitrogen and oxygen atoms in total. The maximum Gasteiger partial charge on any atom is -0.0109 e. The highest BCUT2D eigenvalue weighted by molar-refractivity contribution is 5.84. The van der Waals surface area contributed by atoms with Gasteiger partial charge >= 0.3 is 0 Å². The topological polar surface area (TPSA) is 0 Å². The summed E-state index contributed by atoms with van der Waals surface area (Å²) in [6.45, 7) is 14.8. The van der Waals surface area contributed by atoms with Crippen LogP contribution in [-0.2, 0) is 6.42 Å². The van der Waals surface area contributed by atoms with E-state index in [1.807, 2.05) is 6.08 Å². The Morgan fingerprint density at radius 1 is 1.19 bits per heavy atom. The van der Waals surface area contributed by atoms with Crippen LogP contribution < -0.4 is 0 Å². The summed E-state index contributed by atoms with van der Waals surface area (Å²) < 4.78 is 0. The van der Waals surface area contributed by atoms with Gasteiger partial charge in [-0.3, -0.25) is 0 Å². The molecule has 0 spiro atoms. The van der Waals surface area contributed by atoms with Gasteiger partial charge < -0.3 is 0 Å². The molecule has 0 aliphatic heterocycles. The van der Waals surface area contributed by atoms with E-state index in [4.69, 9.17) is 0 Å². The summed E-state index contributed by atoms with van der Waals surface area (Å²) in [4.78, 5) is 0. The van der Waals surface area contributed by atoms with Crippen molar-refractivity contribution in [2.75, 3.05) is 0 Å². The lowest BCUT2D eigenvalue weighted by Crippen LogP contribution is -1.98. The van der Waals surface area contributed by atoms with Crippen LogP contribution >= 0.6 is 0 Å². The second-order valence-corrected chi connectivity index (χ2v) is 5.38. The van der Waals surface area contributed by atoms with E-state index in [1.165, 1.54) is 33.4 Å². The second kappa shape index (κ2) is 8.46. The van der Waals surface area contributed by atoms with Gasteiger partial charge in [0, 0.05) is 0 Å². The number of allylic oxidation sites excluding steroid dienone is 5. The molecule has 0 saturated carbocycles. The van der Waals surface area contributed by atoms with Gasteiger partial charge in [-0.1, -0.05) is 68.5 Å². The van der Waals surface area contributed by atoms with Crippen molar-refractivity contribution in [1.82, 2.24) is 0 Å². The van der Waals surface area contributed by atoms with Crippen molar-refractivity contribution < 1.29 is 0 Å². The fraction of sp³-hybridized carbons (Fsp3) is 0.333. The molecule has 0 amide bonds. The molecule has 0 heteroatoms. The average Bonchev–Trinajstić information content (AvgIpc) is 2.47. The molecule has 1 aromatic rings. The summed E-state index contributed by atoms with van der Waals surface area (Å²) in [5.74, 6) is 0. The van der Waals surface area contributed by atoms with Crippen LogP contribution in [0.5, 0.6) is 0 Å². The maximum atomic E-state index is 4.05. The molecule has 0 aliphatic rings. The molecule has 0 aliphatic carbocycles. The van der Waals surface area contributed by atoms with Crippen LogP contribution in [0.1, 0.15) is 63.3 Å². The minimum atomic E-state index is 1.02. The smallest absolute Gasteiger partial charge is 0.0109 e. The first-order valence-electron chi connectivity index (χ1n) is 7.85. The van der Waals surface area contributed by atoms with Crippen LogP contribution in [0, 0.1) is 0 Å². The van der Waals surface area contributed by atoms with Gasteiger partial charge in [-0.05, 0) is 61.4 Å². The molecule has 0 saturated heterocycles. The summed E-state index contributed by atoms with van der Waals surface area (Å²) in [5.41, 5.74) is 7.89. The molecule has 1 rings (SSSR count). The Bertz CT molecular complexity index is 576. The fourth-order valence-corrected chi connectivity index (χ4v) is 2.64. The lowest BCUT2D eigenvalue weighted by molar-refractivity contribution is 1.12. The highest BCUT2D eigenvalue weighted by Gasteiger charge is 2.11. The van der Waals surface area contributed by atoms with E-state index in [0.29, 0.717) is 0 Å². The van der Waals surface area contributed by atoms with Crippen molar-refractivity contribution in [1.29, 1.82) is 0 Å². The predicted octanol–water partition coefficient (Wildman–Crippen LogP) is 6.68. The van der Waals surface area contributed by atoms with Crippen LogP contribution in [0.3, 0.4) is 0 Å². The molecule has 112 valence electrons. The Morgan fingerprint density at radius 2 is 1.90 bits per heavy atom. The normalized spacial score (nSPS) is 11.3. The van der Waals surface area contributed by atoms with Crippen molar-refractivity contribution in [2.45, 2.75) is 47.5 Å². The molecule has 1 aromatic carbocycles. The molecule has 0 heterocycles. The van der Waals surface area contributed by atoms with Gasteiger partial charge in [0.15, 0.2) is 0 Å². The standard InChI is InChI=1S/C21H28/c1-7-11-13-20(16(5)6)21-15-14-17(12-8-2)18(9-3)19(21)10-4/h8,10-15H,4,7,9H2,1-3,5-6H3/b12-8-,13-11-. The predicted molar refractivity (Wildman–Crippen MR) is 98.3 cm³/mol. The molecular formula is C21H28. The third-order valence-corrected chi connectivity index (χ3v) is 3.65. The lowest BCUT2D eigenvalue weighted by atomic mass is 9.88. The van der Waals surface area contributed by atoms with Gasteiger partial charge in [0.05, 0.1) is 0 Å². The van der Waals surface area contributed by atoms with Gasteiger partial charge in [0.25, 0.3) is 0 Å². The highest BCUT2D eigenvalue weighted by Crippen LogP contribution is 2.30. The van der Waals surface area contributed by atoms with E-state index in [0.717, 1.165) is 12.8 Å². The number of hydrogen-bond acceptors (Lipinski definition) is 0. The zero-order valence-electron chi connectivity index (χ0n) is 14.2. The summed E-state index contributed by atoms with van der Waals surface area (Å²) in [6, 6.07) is 4.46. The van der Waals surface area contributed by atoms with E-state index in [1.54, 1.807) is 0 Å². The second-order valence-electron chi connectivity index (χ2n) is 5.38. The Morgan fingerprint density at radius 3 is 2.38 bits per heavy atom. The first-order valence-corrected chi connectivity index (χ1v) is 7.85. The minimum absolute atomic E-state index is 1.02. The Hall–Kier alpha value is -1.82. The van der Waals surface area contributed by atoms with Crippen molar-refractivity contribution in [3.8, 4) is 0 Å². The zero-order valence-corrected chi connectivity index (χ0v) is 14.2. The van der Waals surface area contributed by atoms with Gasteiger partial charge in [-0.25, -0.2) is 0 Å². The molecule has 0 bridgehead atoms. The Balaban J connectivity index is 3.60. The number of hydrogen-bond donors (Lipinski definition) is 0. The highest BCUT2D eigenvalue weighted by atomic mass is 14.2. The van der Waals surface area contributed by atoms with Crippen molar-refractivity contribution in [2.24, 2.45) is 0 Å². The van der Waals surface area contributed by atoms with Crippen LogP contribution in [-0.4, -0.2) is 0 Å². The molecular weight excluding hydrogens is 252 g/mol. The molecule has 0 radical (unpaired) electrons. The van der Waals surface area contributed by atoms with Crippen LogP contribution in [0.15, 0.2) is 42.5 Å². The Labute approximate surface area is 130 Å². The minimum Gasteiger partial charge on any atom is -0.0984 e. The third kappa shape index (κ3) is 4.07. The summed E-state index contributed by atoms with van der Waals surface area (Å²) in [7, 11) is 0. The molecule has 0 aromatic heterocycles. The summed E-state index contributed by atoms with van der Waals surface area (Å²) in [5, 5.41) is 0. The molecule has 0 unspecified atom stereocenters. The van der Waals surface area contributed by atoms with Gasteiger partial charge in [0.1, 0.15) is 0 Å². The van der Waals surface area contributed by atoms with E-state index in [2.05, 4.69) is 77.6 Å². The van der Waals surface area contributed by atoms with Crippen LogP contribution in [0.4, 0.5) is 0 Å². The molecule has 21 heavy (non-hydrogen) atoms. The fourth-order valence-electron chi connectivity index (χ4n) is 2.64. The number of benzene rings is 1. The molecule has 0 atom stereocenters. The van der Waals surface area contributed by atoms with Crippen LogP contribution in [0.25, 0.3) is 17.7 Å². The average molecular weight is 280 g/mol. The van der Waals surface area contributed by atoms with E-state index >= 15 is 0 Å². The van der Waals surface area contributed by atoms with E-state index in [-0.39, 0.29) is 0 Å². The monoisotopic (exact) mass is 280 g/mol. The quantitative estimate of drug-likeness (QED) is 0.509. The van der Waals surface area contributed by atoms with Crippen molar-refractivity contribution in [3.63, 3.8) is 0 Å². The first-order chi connectivity index (χ1) is 10.1. The maximum absolute atomic E-state index is 4.05. The van der Waals surface area contributed by atoms with Crippen molar-refractivity contribution in [3.05, 3.63) is 64.8 Å². The molecule has 0 fully saturated rings. The SMILES string of the molecule is C=Cc1c(C(/C=C\CC)=C(C)C)ccc(/C=C\C)c1CC. The largest absolute Gasteiger partial charge is 0.0984 e. The Kier molecular flexibility index (Phi) is 6.94. The van der Waals surface area contributed by atoms with Gasteiger partial charge in [0.2, 0.25) is 0 Å². The van der Waals surface area contributed by atoms with E-state index in [9.17, 15) is 0 Å². The third-order valence-electron chi connectivity index (χ3n) is 3.65. The zero-order chi connectivity index (χ0) is 15.8. The van der Waals surface area contributed by atoms with E-state index < -0.39 is 0 Å². The van der Waals surface area contributed by atoms with Gasteiger partial charge in [-0.2, -0.15) is 0 Å². The van der Waals surface area contributed by atoms with Crippen LogP contribution in [0.2, 0.25) is 0 Å². The molecule has 0 N–H and O–H groups in total. The lowest BCUT2D eigenvalue weighted by Gasteiger charge is -2.16. The van der Waals surface area contributed by atoms with Crippen molar-refractivity contribution >= 4 is 17.7 Å². The summed E-state index contributed by atoms with van der Waals surface area (Å²) >= 11 is 0. The number of rotatable bonds is 6.